The normalized spacial score (nSPS) is 24.0. The summed E-state index contributed by atoms with van der Waals surface area (Å²) in [6.07, 6.45) is -0.0476. The lowest BCUT2D eigenvalue weighted by Crippen LogP contribution is -2.54. The summed E-state index contributed by atoms with van der Waals surface area (Å²) in [5.74, 6) is 0.766. The highest BCUT2D eigenvalue weighted by Gasteiger charge is 2.53. The first-order valence-electron chi connectivity index (χ1n) is 19.0. The van der Waals surface area contributed by atoms with Gasteiger partial charge in [0.15, 0.2) is 11.4 Å². The van der Waals surface area contributed by atoms with E-state index in [1.807, 2.05) is 0 Å². The number of phosphoric ester groups is 2. The maximum Gasteiger partial charge on any atom is 0.472 e. The molecule has 4 heterocycles. The largest absolute Gasteiger partial charge is 0.485 e. The number of fused-ring (bicyclic) bond motifs is 2. The predicted molar refractivity (Wildman–Crippen MR) is 208 cm³/mol. The Kier molecular flexibility index (Phi) is 15.0. The molecular weight excluding hydrogens is 814 g/mol. The molecule has 322 valence electrons. The molecule has 4 N–H and O–H groups in total. The summed E-state index contributed by atoms with van der Waals surface area (Å²) >= 11 is 0. The molecule has 0 saturated carbocycles. The molecule has 6 rings (SSSR count). The number of ether oxygens (including phenoxy) is 4. The van der Waals surface area contributed by atoms with Crippen molar-refractivity contribution < 1.29 is 71.0 Å². The molecule has 4 aliphatic rings. The van der Waals surface area contributed by atoms with E-state index in [1.165, 1.54) is 0 Å². The summed E-state index contributed by atoms with van der Waals surface area (Å²) in [5, 5.41) is 8.65. The molecule has 2 amide bonds. The van der Waals surface area contributed by atoms with Gasteiger partial charge in [0, 0.05) is 37.1 Å². The minimum atomic E-state index is -4.82. The van der Waals surface area contributed by atoms with E-state index in [1.54, 1.807) is 73.9 Å². The van der Waals surface area contributed by atoms with Crippen LogP contribution in [0, 0.1) is 13.1 Å². The van der Waals surface area contributed by atoms with E-state index in [4.69, 9.17) is 50.8 Å². The molecule has 21 heteroatoms. The zero-order chi connectivity index (χ0) is 43.2. The number of hydrogen-bond donors (Lipinski definition) is 4. The van der Waals surface area contributed by atoms with Crippen molar-refractivity contribution in [2.24, 2.45) is 0 Å². The van der Waals surface area contributed by atoms with Crippen molar-refractivity contribution in [3.8, 4) is 11.5 Å². The Bertz CT molecular complexity index is 2030. The van der Waals surface area contributed by atoms with Crippen molar-refractivity contribution in [3.63, 3.8) is 0 Å². The van der Waals surface area contributed by atoms with Crippen molar-refractivity contribution in [1.29, 1.82) is 0 Å². The SMILES string of the molecule is [C-]#[N+]c1ccc2c(c1)[C@@H](N1CCCC1=O)[C@H](OP(=O)(O)O)C(C)(C)O2.[C-]#[N+]c1ccc2c(c1)[C@@H](N1CCCC1=O)[C@H](OP(=O)(O)OCCOCCOCCO)C(C)(C)O2. The van der Waals surface area contributed by atoms with Crippen LogP contribution in [0.25, 0.3) is 9.69 Å². The lowest BCUT2D eigenvalue weighted by Gasteiger charge is -2.47. The van der Waals surface area contributed by atoms with Crippen LogP contribution in [0.15, 0.2) is 36.4 Å². The zero-order valence-electron chi connectivity index (χ0n) is 33.2. The fourth-order valence-electron chi connectivity index (χ4n) is 7.51. The fourth-order valence-corrected chi connectivity index (χ4v) is 9.19. The van der Waals surface area contributed by atoms with Crippen LogP contribution in [0.2, 0.25) is 0 Å². The molecule has 19 nitrogen and oxygen atoms in total. The van der Waals surface area contributed by atoms with Crippen LogP contribution in [0.4, 0.5) is 11.4 Å². The Hall–Kier alpha value is -3.94. The van der Waals surface area contributed by atoms with Gasteiger partial charge in [-0.05, 0) is 64.8 Å². The average molecular weight is 865 g/mol. The summed E-state index contributed by atoms with van der Waals surface area (Å²) in [7, 11) is -9.38. The number of nitrogens with zero attached hydrogens (tertiary/aromatic N) is 4. The number of hydrogen-bond acceptors (Lipinski definition) is 12. The summed E-state index contributed by atoms with van der Waals surface area (Å²) < 4.78 is 62.5. The Morgan fingerprint density at radius 1 is 0.729 bits per heavy atom. The second kappa shape index (κ2) is 19.2. The van der Waals surface area contributed by atoms with Crippen molar-refractivity contribution in [3.05, 3.63) is 70.4 Å². The van der Waals surface area contributed by atoms with Gasteiger partial charge in [-0.25, -0.2) is 18.8 Å². The van der Waals surface area contributed by atoms with Crippen molar-refractivity contribution >= 4 is 38.8 Å². The molecule has 0 spiro atoms. The zero-order valence-corrected chi connectivity index (χ0v) is 35.0. The second-order valence-electron chi connectivity index (χ2n) is 15.1. The van der Waals surface area contributed by atoms with Crippen LogP contribution in [-0.2, 0) is 41.8 Å². The summed E-state index contributed by atoms with van der Waals surface area (Å²) in [4.78, 5) is 64.2. The standard InChI is InChI=1S/C22H31N2O9P.C16H19N2O6P/c1-22(2)21(33-34(27,28)31-14-13-30-12-11-29-10-9-25)20(24-8-4-5-19(24)26)17-15-16(23-3)6-7-18(17)32-22;1-16(2)15(24-25(20,21)22)14(18-8-4-5-13(18)19)11-9-10(17-3)6-7-12(11)23-16/h6-7,15,20-21,25H,4-5,8-14H2,1-2H3,(H,27,28);6-7,9,14-15H,4-5,8H2,1-2H3,(H2,20,21,22)/t20-,21+;14-,15+/m11/s1. The molecule has 2 saturated heterocycles. The van der Waals surface area contributed by atoms with Crippen LogP contribution in [0.5, 0.6) is 11.5 Å². The maximum atomic E-state index is 12.8. The van der Waals surface area contributed by atoms with Crippen LogP contribution in [0.3, 0.4) is 0 Å². The monoisotopic (exact) mass is 864 g/mol. The van der Waals surface area contributed by atoms with E-state index in [2.05, 4.69) is 9.69 Å². The van der Waals surface area contributed by atoms with E-state index in [0.717, 1.165) is 0 Å². The van der Waals surface area contributed by atoms with Crippen molar-refractivity contribution in [1.82, 2.24) is 9.80 Å². The van der Waals surface area contributed by atoms with Gasteiger partial charge in [0.25, 0.3) is 0 Å². The number of carbonyl (C=O) groups excluding carboxylic acids is 2. The van der Waals surface area contributed by atoms with Gasteiger partial charge in [0.05, 0.1) is 64.9 Å². The van der Waals surface area contributed by atoms with E-state index in [0.29, 0.717) is 72.8 Å². The molecule has 0 bridgehead atoms. The number of phosphoric acid groups is 2. The molecule has 0 aromatic heterocycles. The van der Waals surface area contributed by atoms with Gasteiger partial charge in [-0.2, -0.15) is 0 Å². The van der Waals surface area contributed by atoms with Gasteiger partial charge < -0.3 is 48.5 Å². The molecule has 59 heavy (non-hydrogen) atoms. The van der Waals surface area contributed by atoms with Crippen LogP contribution in [0.1, 0.15) is 76.6 Å². The van der Waals surface area contributed by atoms with E-state index in [-0.39, 0.29) is 51.5 Å². The summed E-state index contributed by atoms with van der Waals surface area (Å²) in [6.45, 7) is 22.7. The maximum absolute atomic E-state index is 12.8. The van der Waals surface area contributed by atoms with Gasteiger partial charge in [0.1, 0.15) is 34.9 Å². The molecule has 1 unspecified atom stereocenters. The van der Waals surface area contributed by atoms with Gasteiger partial charge >= 0.3 is 15.6 Å². The van der Waals surface area contributed by atoms with Gasteiger partial charge in [-0.1, -0.05) is 12.1 Å². The Labute approximate surface area is 342 Å². The second-order valence-corrected chi connectivity index (χ2v) is 17.7. The Morgan fingerprint density at radius 3 is 1.58 bits per heavy atom. The first-order chi connectivity index (χ1) is 27.8. The average Bonchev–Trinajstić information content (AvgIpc) is 3.79. The predicted octanol–water partition coefficient (Wildman–Crippen LogP) is 5.15. The third-order valence-electron chi connectivity index (χ3n) is 10.1. The smallest absolute Gasteiger partial charge is 0.472 e. The molecule has 5 atom stereocenters. The minimum absolute atomic E-state index is 0.0339. The van der Waals surface area contributed by atoms with Gasteiger partial charge in [0.2, 0.25) is 11.8 Å². The molecule has 4 aliphatic heterocycles. The number of likely N-dealkylation sites (tertiary alicyclic amines) is 2. The van der Waals surface area contributed by atoms with Gasteiger partial charge in [-0.3, -0.25) is 23.2 Å². The van der Waals surface area contributed by atoms with Gasteiger partial charge in [-0.15, -0.1) is 0 Å². The highest BCUT2D eigenvalue weighted by Crippen LogP contribution is 2.55. The van der Waals surface area contributed by atoms with E-state index >= 15 is 0 Å². The van der Waals surface area contributed by atoms with Crippen molar-refractivity contribution in [2.45, 2.75) is 88.9 Å². The highest BCUT2D eigenvalue weighted by molar-refractivity contribution is 7.47. The molecule has 2 aromatic rings. The number of benzene rings is 2. The fraction of sp³-hybridized carbons (Fsp3) is 0.579. The highest BCUT2D eigenvalue weighted by atomic mass is 31.2. The molecule has 0 radical (unpaired) electrons. The Morgan fingerprint density at radius 2 is 1.17 bits per heavy atom. The third-order valence-corrected chi connectivity index (χ3v) is 11.6. The van der Waals surface area contributed by atoms with E-state index in [9.17, 15) is 33.4 Å². The molecule has 2 aromatic carbocycles. The number of aliphatic hydroxyl groups is 1. The lowest BCUT2D eigenvalue weighted by atomic mass is 9.85. The summed E-state index contributed by atoms with van der Waals surface area (Å²) in [6, 6.07) is 8.30. The lowest BCUT2D eigenvalue weighted by molar-refractivity contribution is -0.139. The number of amides is 2. The van der Waals surface area contributed by atoms with Crippen molar-refractivity contribution in [2.75, 3.05) is 52.7 Å². The first kappa shape index (κ1) is 46.1. The quantitative estimate of drug-likeness (QED) is 0.103. The number of aliphatic hydroxyl groups excluding tert-OH is 1. The van der Waals surface area contributed by atoms with Crippen LogP contribution >= 0.6 is 15.6 Å². The van der Waals surface area contributed by atoms with E-state index < -0.39 is 51.1 Å². The first-order valence-corrected chi connectivity index (χ1v) is 22.0. The van der Waals surface area contributed by atoms with Crippen LogP contribution < -0.4 is 9.47 Å². The molecule has 2 fully saturated rings. The number of carbonyl (C=O) groups is 2. The number of rotatable bonds is 15. The minimum Gasteiger partial charge on any atom is -0.485 e. The Balaban J connectivity index is 0.000000235. The third kappa shape index (κ3) is 11.5. The summed E-state index contributed by atoms with van der Waals surface area (Å²) in [5.41, 5.74) is -0.362. The molecular formula is C38H50N4O15P2. The molecule has 0 aliphatic carbocycles. The topological polar surface area (TPSA) is 229 Å². The van der Waals surface area contributed by atoms with Crippen LogP contribution in [-0.4, -0.2) is 118 Å².